The molecule has 0 saturated carbocycles. The van der Waals surface area contributed by atoms with Gasteiger partial charge in [0.15, 0.2) is 5.78 Å². The number of aromatic nitrogens is 2. The molecule has 0 aliphatic carbocycles. The van der Waals surface area contributed by atoms with E-state index in [1.54, 1.807) is 0 Å². The first-order valence-electron chi connectivity index (χ1n) is 8.31. The van der Waals surface area contributed by atoms with Crippen molar-refractivity contribution in [3.05, 3.63) is 59.1 Å². The molecule has 0 saturated heterocycles. The fourth-order valence-corrected chi connectivity index (χ4v) is 2.92. The molecule has 2 N–H and O–H groups in total. The molecule has 0 unspecified atom stereocenters. The van der Waals surface area contributed by atoms with E-state index in [4.69, 9.17) is 17.3 Å². The van der Waals surface area contributed by atoms with Crippen LogP contribution in [0.5, 0.6) is 0 Å². The normalized spacial score (nSPS) is 11.8. The van der Waals surface area contributed by atoms with Crippen molar-refractivity contribution >= 4 is 34.4 Å². The Balaban J connectivity index is 2.06. The van der Waals surface area contributed by atoms with Crippen LogP contribution in [0.3, 0.4) is 0 Å². The zero-order valence-electron chi connectivity index (χ0n) is 14.8. The van der Waals surface area contributed by atoms with Gasteiger partial charge in [-0.05, 0) is 29.8 Å². The Morgan fingerprint density at radius 1 is 1.12 bits per heavy atom. The van der Waals surface area contributed by atoms with Gasteiger partial charge in [-0.15, -0.1) is 0 Å². The summed E-state index contributed by atoms with van der Waals surface area (Å²) in [7, 11) is 0. The number of para-hydroxylation sites is 2. The Morgan fingerprint density at radius 2 is 1.76 bits per heavy atom. The number of nitrogens with zero attached hydrogens (tertiary/aromatic N) is 2. The van der Waals surface area contributed by atoms with Crippen molar-refractivity contribution in [2.24, 2.45) is 5.41 Å². The Kier molecular flexibility index (Phi) is 4.56. The van der Waals surface area contributed by atoms with Gasteiger partial charge in [-0.3, -0.25) is 10.5 Å². The lowest BCUT2D eigenvalue weighted by atomic mass is 9.91. The van der Waals surface area contributed by atoms with Crippen LogP contribution in [0.15, 0.2) is 48.5 Å². The van der Waals surface area contributed by atoms with E-state index >= 15 is 0 Å². The highest BCUT2D eigenvalue weighted by Gasteiger charge is 2.27. The van der Waals surface area contributed by atoms with Gasteiger partial charge in [0.25, 0.3) is 0 Å². The molecule has 0 fully saturated rings. The smallest absolute Gasteiger partial charge is 0.295 e. The average Bonchev–Trinajstić information content (AvgIpc) is 2.82. The molecule has 0 atom stereocenters. The molecule has 4 nitrogen and oxygen atoms in total. The molecule has 2 aromatic carbocycles. The number of rotatable bonds is 4. The standard InChI is InChI=1S/C20H22ClN3O/c1-20(2,3)18(25)13-24-17-7-5-4-6-16(17)23(19(24)22)12-14-8-10-15(21)11-9-14/h4-11,22H,12-13H2,1-3H3/p+1. The number of Topliss-reactive ketones (excluding diaryl/α,β-unsaturated/α-hetero) is 1. The van der Waals surface area contributed by atoms with Crippen LogP contribution in [-0.2, 0) is 17.9 Å². The molecule has 130 valence electrons. The fraction of sp³-hybridized carbons (Fsp3) is 0.300. The molecule has 3 rings (SSSR count). The minimum Gasteiger partial charge on any atom is -0.295 e. The molecule has 0 aliphatic rings. The molecule has 0 amide bonds. The van der Waals surface area contributed by atoms with Gasteiger partial charge in [0, 0.05) is 10.4 Å². The third-order valence-corrected chi connectivity index (χ3v) is 4.66. The molecule has 0 bridgehead atoms. The van der Waals surface area contributed by atoms with Crippen molar-refractivity contribution in [1.82, 2.24) is 4.57 Å². The lowest BCUT2D eigenvalue weighted by Gasteiger charge is -2.15. The van der Waals surface area contributed by atoms with E-state index in [-0.39, 0.29) is 12.3 Å². The zero-order chi connectivity index (χ0) is 18.2. The zero-order valence-corrected chi connectivity index (χ0v) is 15.5. The molecule has 0 aliphatic heterocycles. The van der Waals surface area contributed by atoms with Gasteiger partial charge in [-0.2, -0.15) is 0 Å². The number of fused-ring (bicyclic) bond motifs is 1. The summed E-state index contributed by atoms with van der Waals surface area (Å²) in [4.78, 5) is 12.5. The summed E-state index contributed by atoms with van der Waals surface area (Å²) in [5.74, 6) is 0.729. The summed E-state index contributed by atoms with van der Waals surface area (Å²) < 4.78 is 3.94. The van der Waals surface area contributed by atoms with Gasteiger partial charge < -0.3 is 0 Å². The summed E-state index contributed by atoms with van der Waals surface area (Å²) in [6.07, 6.45) is 0. The van der Waals surface area contributed by atoms with Crippen LogP contribution < -0.4 is 10.3 Å². The van der Waals surface area contributed by atoms with E-state index in [2.05, 4.69) is 0 Å². The van der Waals surface area contributed by atoms with Crippen molar-refractivity contribution in [2.45, 2.75) is 33.9 Å². The maximum Gasteiger partial charge on any atom is 0.356 e. The molecule has 0 radical (unpaired) electrons. The van der Waals surface area contributed by atoms with Crippen LogP contribution in [0.1, 0.15) is 26.3 Å². The summed E-state index contributed by atoms with van der Waals surface area (Å²) >= 11 is 5.97. The second-order valence-electron chi connectivity index (χ2n) is 7.32. The lowest BCUT2D eigenvalue weighted by molar-refractivity contribution is -0.648. The van der Waals surface area contributed by atoms with Gasteiger partial charge in [0.05, 0.1) is 6.54 Å². The van der Waals surface area contributed by atoms with E-state index in [1.165, 1.54) is 0 Å². The minimum atomic E-state index is -0.404. The van der Waals surface area contributed by atoms with E-state index in [1.807, 2.05) is 78.4 Å². The van der Waals surface area contributed by atoms with Crippen molar-refractivity contribution in [3.8, 4) is 0 Å². The number of benzene rings is 2. The monoisotopic (exact) mass is 356 g/mol. The summed E-state index contributed by atoms with van der Waals surface area (Å²) in [6.45, 7) is 6.68. The van der Waals surface area contributed by atoms with Crippen LogP contribution in [0.2, 0.25) is 5.02 Å². The number of ketones is 1. The van der Waals surface area contributed by atoms with E-state index in [0.717, 1.165) is 16.6 Å². The first kappa shape index (κ1) is 17.5. The summed E-state index contributed by atoms with van der Waals surface area (Å²) in [5, 5.41) is 0.708. The minimum absolute atomic E-state index is 0.151. The molecular weight excluding hydrogens is 334 g/mol. The number of nitrogens with two attached hydrogens (primary N) is 1. The third-order valence-electron chi connectivity index (χ3n) is 4.41. The molecule has 1 aromatic heterocycles. The molecular formula is C20H23ClN3O+. The summed E-state index contributed by atoms with van der Waals surface area (Å²) in [6, 6.07) is 15.7. The Hall–Kier alpha value is -2.33. The summed E-state index contributed by atoms with van der Waals surface area (Å²) in [5.41, 5.74) is 9.11. The highest BCUT2D eigenvalue weighted by atomic mass is 35.5. The van der Waals surface area contributed by atoms with Gasteiger partial charge in [-0.25, -0.2) is 9.13 Å². The van der Waals surface area contributed by atoms with E-state index in [0.29, 0.717) is 17.5 Å². The average molecular weight is 357 g/mol. The van der Waals surface area contributed by atoms with Crippen LogP contribution in [0, 0.1) is 5.41 Å². The van der Waals surface area contributed by atoms with Crippen molar-refractivity contribution in [1.29, 1.82) is 0 Å². The molecule has 5 heteroatoms. The second-order valence-corrected chi connectivity index (χ2v) is 7.76. The quantitative estimate of drug-likeness (QED) is 0.722. The maximum absolute atomic E-state index is 12.5. The van der Waals surface area contributed by atoms with Gasteiger partial charge in [0.2, 0.25) is 0 Å². The number of imidazole rings is 1. The predicted octanol–water partition coefficient (Wildman–Crippen LogP) is 3.83. The van der Waals surface area contributed by atoms with Crippen LogP contribution >= 0.6 is 11.6 Å². The number of hydrogen-bond acceptors (Lipinski definition) is 2. The Bertz CT molecular complexity index is 921. The third kappa shape index (κ3) is 3.54. The van der Waals surface area contributed by atoms with E-state index in [9.17, 15) is 4.79 Å². The first-order valence-corrected chi connectivity index (χ1v) is 8.69. The maximum atomic E-state index is 12.5. The van der Waals surface area contributed by atoms with Gasteiger partial charge >= 0.3 is 5.95 Å². The van der Waals surface area contributed by atoms with Crippen LogP contribution in [0.4, 0.5) is 5.95 Å². The SMILES string of the molecule is CC(C)(C)C(=O)Cn1c(N)[n+](Cc2ccc(Cl)cc2)c2ccccc21. The number of carbonyl (C=O) groups excluding carboxylic acids is 1. The molecule has 1 heterocycles. The number of nitrogen functional groups attached to an aromatic ring is 1. The topological polar surface area (TPSA) is 51.9 Å². The molecule has 25 heavy (non-hydrogen) atoms. The number of anilines is 1. The van der Waals surface area contributed by atoms with Crippen LogP contribution in [0.25, 0.3) is 11.0 Å². The lowest BCUT2D eigenvalue weighted by Crippen LogP contribution is -2.37. The Labute approximate surface area is 152 Å². The predicted molar refractivity (Wildman–Crippen MR) is 102 cm³/mol. The molecule has 3 aromatic rings. The Morgan fingerprint density at radius 3 is 2.40 bits per heavy atom. The number of carbonyl (C=O) groups is 1. The van der Waals surface area contributed by atoms with Crippen LogP contribution in [-0.4, -0.2) is 10.4 Å². The fourth-order valence-electron chi connectivity index (χ4n) is 2.80. The molecule has 0 spiro atoms. The number of hydrogen-bond donors (Lipinski definition) is 1. The van der Waals surface area contributed by atoms with Gasteiger partial charge in [0.1, 0.15) is 17.6 Å². The van der Waals surface area contributed by atoms with E-state index < -0.39 is 5.41 Å². The first-order chi connectivity index (χ1) is 11.8. The number of halogens is 1. The van der Waals surface area contributed by atoms with Crippen molar-refractivity contribution < 1.29 is 9.36 Å². The highest BCUT2D eigenvalue weighted by molar-refractivity contribution is 6.30. The highest BCUT2D eigenvalue weighted by Crippen LogP contribution is 2.21. The largest absolute Gasteiger partial charge is 0.356 e. The van der Waals surface area contributed by atoms with Crippen molar-refractivity contribution in [3.63, 3.8) is 0 Å². The van der Waals surface area contributed by atoms with Gasteiger partial charge in [-0.1, -0.05) is 56.6 Å². The second kappa shape index (κ2) is 6.52. The van der Waals surface area contributed by atoms with Crippen molar-refractivity contribution in [2.75, 3.05) is 5.73 Å².